The van der Waals surface area contributed by atoms with Gasteiger partial charge in [0, 0.05) is 24.7 Å². The Balaban J connectivity index is 1.78. The van der Waals surface area contributed by atoms with Crippen molar-refractivity contribution in [2.45, 2.75) is 26.7 Å². The number of carbonyl (C=O) groups is 2. The maximum Gasteiger partial charge on any atom is 0.273 e. The van der Waals surface area contributed by atoms with E-state index in [2.05, 4.69) is 22.4 Å². The van der Waals surface area contributed by atoms with Gasteiger partial charge in [0.1, 0.15) is 11.6 Å². The summed E-state index contributed by atoms with van der Waals surface area (Å²) in [5.41, 5.74) is 1.43. The molecule has 1 heterocycles. The molecule has 0 spiro atoms. The maximum absolute atomic E-state index is 12.9. The molecular formula is C19H22FN3O3. The van der Waals surface area contributed by atoms with Gasteiger partial charge in [-0.3, -0.25) is 9.59 Å². The second-order valence-corrected chi connectivity index (χ2v) is 5.91. The molecule has 2 aromatic rings. The van der Waals surface area contributed by atoms with Gasteiger partial charge in [-0.2, -0.15) is 0 Å². The van der Waals surface area contributed by atoms with Crippen molar-refractivity contribution >= 4 is 17.5 Å². The van der Waals surface area contributed by atoms with Crippen molar-refractivity contribution in [1.29, 1.82) is 0 Å². The van der Waals surface area contributed by atoms with Gasteiger partial charge >= 0.3 is 0 Å². The molecule has 1 unspecified atom stereocenters. The third-order valence-corrected chi connectivity index (χ3v) is 3.99. The topological polar surface area (TPSA) is 84.2 Å². The highest BCUT2D eigenvalue weighted by molar-refractivity contribution is 5.94. The number of benzene rings is 1. The van der Waals surface area contributed by atoms with E-state index >= 15 is 0 Å². The Labute approximate surface area is 151 Å². The number of rotatable bonds is 8. The van der Waals surface area contributed by atoms with E-state index in [0.717, 1.165) is 0 Å². The van der Waals surface area contributed by atoms with Crippen molar-refractivity contribution < 1.29 is 18.5 Å². The first-order valence-electron chi connectivity index (χ1n) is 8.38. The number of hydrogen-bond acceptors (Lipinski definition) is 4. The van der Waals surface area contributed by atoms with Crippen LogP contribution < -0.4 is 10.6 Å². The summed E-state index contributed by atoms with van der Waals surface area (Å²) in [6.07, 6.45) is 1.11. The minimum atomic E-state index is -0.448. The summed E-state index contributed by atoms with van der Waals surface area (Å²) in [7, 11) is 0. The van der Waals surface area contributed by atoms with Gasteiger partial charge in [0.05, 0.1) is 5.92 Å². The fraction of sp³-hybridized carbons (Fsp3) is 0.316. The fourth-order valence-electron chi connectivity index (χ4n) is 2.20. The Morgan fingerprint density at radius 1 is 1.31 bits per heavy atom. The molecule has 1 atom stereocenters. The lowest BCUT2D eigenvalue weighted by molar-refractivity contribution is -0.118. The molecule has 0 aliphatic carbocycles. The number of nitrogens with zero attached hydrogens (tertiary/aromatic N) is 1. The van der Waals surface area contributed by atoms with E-state index in [4.69, 9.17) is 4.52 Å². The standard InChI is InChI=1S/C19H22FN3O3/c1-4-16-11-17(23-26-16)19(25)21-10-9-12(2)13(3)18(24)22-15-7-5-14(20)6-8-15/h5-8,11,13H,2,4,9-10H2,1,3H3,(H,21,25)(H,22,24). The Hall–Kier alpha value is -2.96. The van der Waals surface area contributed by atoms with E-state index in [1.165, 1.54) is 24.3 Å². The minimum absolute atomic E-state index is 0.231. The third-order valence-electron chi connectivity index (χ3n) is 3.99. The average Bonchev–Trinajstić information content (AvgIpc) is 3.12. The second kappa shape index (κ2) is 8.94. The van der Waals surface area contributed by atoms with Gasteiger partial charge in [0.15, 0.2) is 5.69 Å². The van der Waals surface area contributed by atoms with Crippen LogP contribution in [0.1, 0.15) is 36.5 Å². The molecule has 1 aromatic carbocycles. The highest BCUT2D eigenvalue weighted by Gasteiger charge is 2.17. The van der Waals surface area contributed by atoms with E-state index in [0.29, 0.717) is 36.4 Å². The molecule has 0 saturated carbocycles. The molecule has 1 aromatic heterocycles. The summed E-state index contributed by atoms with van der Waals surface area (Å²) in [6, 6.07) is 7.14. The molecule has 0 aliphatic rings. The number of amides is 2. The summed E-state index contributed by atoms with van der Waals surface area (Å²) in [6.45, 7) is 7.88. The van der Waals surface area contributed by atoms with Crippen LogP contribution in [0.15, 0.2) is 47.0 Å². The number of halogens is 1. The van der Waals surface area contributed by atoms with E-state index in [9.17, 15) is 14.0 Å². The van der Waals surface area contributed by atoms with E-state index in [-0.39, 0.29) is 23.3 Å². The quantitative estimate of drug-likeness (QED) is 0.708. The summed E-state index contributed by atoms with van der Waals surface area (Å²) in [5, 5.41) is 9.13. The molecule has 26 heavy (non-hydrogen) atoms. The molecular weight excluding hydrogens is 337 g/mol. The molecule has 2 amide bonds. The second-order valence-electron chi connectivity index (χ2n) is 5.91. The summed E-state index contributed by atoms with van der Waals surface area (Å²) in [5.74, 6) is -0.739. The number of anilines is 1. The third kappa shape index (κ3) is 5.27. The molecule has 0 bridgehead atoms. The van der Waals surface area contributed by atoms with Gasteiger partial charge in [0.25, 0.3) is 5.91 Å². The van der Waals surface area contributed by atoms with Gasteiger partial charge in [-0.05, 0) is 37.6 Å². The van der Waals surface area contributed by atoms with Crippen molar-refractivity contribution in [2.75, 3.05) is 11.9 Å². The van der Waals surface area contributed by atoms with Crippen molar-refractivity contribution in [3.63, 3.8) is 0 Å². The van der Waals surface area contributed by atoms with Crippen molar-refractivity contribution in [2.24, 2.45) is 5.92 Å². The van der Waals surface area contributed by atoms with Crippen LogP contribution in [0, 0.1) is 11.7 Å². The maximum atomic E-state index is 12.9. The van der Waals surface area contributed by atoms with E-state index in [1.54, 1.807) is 13.0 Å². The molecule has 0 saturated heterocycles. The molecule has 6 nitrogen and oxygen atoms in total. The Bertz CT molecular complexity index is 784. The first-order valence-corrected chi connectivity index (χ1v) is 8.38. The van der Waals surface area contributed by atoms with Crippen LogP contribution in [-0.2, 0) is 11.2 Å². The van der Waals surface area contributed by atoms with Gasteiger partial charge in [0.2, 0.25) is 5.91 Å². The number of nitrogens with one attached hydrogen (secondary N) is 2. The lowest BCUT2D eigenvalue weighted by atomic mass is 9.99. The summed E-state index contributed by atoms with van der Waals surface area (Å²) >= 11 is 0. The van der Waals surface area contributed by atoms with Crippen molar-refractivity contribution in [3.8, 4) is 0 Å². The molecule has 0 radical (unpaired) electrons. The molecule has 2 rings (SSSR count). The van der Waals surface area contributed by atoms with Crippen LogP contribution in [0.5, 0.6) is 0 Å². The van der Waals surface area contributed by atoms with Crippen LogP contribution in [0.3, 0.4) is 0 Å². The van der Waals surface area contributed by atoms with Crippen molar-refractivity contribution in [3.05, 3.63) is 59.8 Å². The van der Waals surface area contributed by atoms with Crippen LogP contribution in [0.25, 0.3) is 0 Å². The highest BCUT2D eigenvalue weighted by atomic mass is 19.1. The predicted molar refractivity (Wildman–Crippen MR) is 96.2 cm³/mol. The Morgan fingerprint density at radius 2 is 2.00 bits per heavy atom. The van der Waals surface area contributed by atoms with Gasteiger partial charge in [-0.1, -0.05) is 24.2 Å². The zero-order valence-electron chi connectivity index (χ0n) is 14.8. The van der Waals surface area contributed by atoms with Crippen LogP contribution in [-0.4, -0.2) is 23.5 Å². The number of carbonyl (C=O) groups excluding carboxylic acids is 2. The lowest BCUT2D eigenvalue weighted by Gasteiger charge is -2.15. The first kappa shape index (κ1) is 19.4. The minimum Gasteiger partial charge on any atom is -0.361 e. The average molecular weight is 359 g/mol. The molecule has 7 heteroatoms. The van der Waals surface area contributed by atoms with E-state index < -0.39 is 5.92 Å². The normalized spacial score (nSPS) is 11.7. The highest BCUT2D eigenvalue weighted by Crippen LogP contribution is 2.16. The van der Waals surface area contributed by atoms with Crippen LogP contribution in [0.2, 0.25) is 0 Å². The largest absolute Gasteiger partial charge is 0.361 e. The number of aromatic nitrogens is 1. The van der Waals surface area contributed by atoms with E-state index in [1.807, 2.05) is 6.92 Å². The lowest BCUT2D eigenvalue weighted by Crippen LogP contribution is -2.27. The molecule has 0 aliphatic heterocycles. The fourth-order valence-corrected chi connectivity index (χ4v) is 2.20. The smallest absolute Gasteiger partial charge is 0.273 e. The summed E-state index contributed by atoms with van der Waals surface area (Å²) in [4.78, 5) is 24.2. The Morgan fingerprint density at radius 3 is 2.62 bits per heavy atom. The van der Waals surface area contributed by atoms with Gasteiger partial charge in [-0.15, -0.1) is 0 Å². The Kier molecular flexibility index (Phi) is 6.66. The van der Waals surface area contributed by atoms with Gasteiger partial charge < -0.3 is 15.2 Å². The molecule has 2 N–H and O–H groups in total. The van der Waals surface area contributed by atoms with Crippen molar-refractivity contribution in [1.82, 2.24) is 10.5 Å². The predicted octanol–water partition coefficient (Wildman–Crippen LogP) is 3.33. The first-order chi connectivity index (χ1) is 12.4. The zero-order valence-corrected chi connectivity index (χ0v) is 14.8. The SMILES string of the molecule is C=C(CCNC(=O)c1cc(CC)on1)C(C)C(=O)Nc1ccc(F)cc1. The number of hydrogen-bond donors (Lipinski definition) is 2. The molecule has 138 valence electrons. The summed E-state index contributed by atoms with van der Waals surface area (Å²) < 4.78 is 17.9. The zero-order chi connectivity index (χ0) is 19.1. The molecule has 0 fully saturated rings. The van der Waals surface area contributed by atoms with Crippen LogP contribution in [0.4, 0.5) is 10.1 Å². The van der Waals surface area contributed by atoms with Crippen LogP contribution >= 0.6 is 0 Å². The number of aryl methyl sites for hydroxylation is 1. The van der Waals surface area contributed by atoms with Gasteiger partial charge in [-0.25, -0.2) is 4.39 Å². The monoisotopic (exact) mass is 359 g/mol.